The van der Waals surface area contributed by atoms with Gasteiger partial charge in [0.15, 0.2) is 0 Å². The Bertz CT molecular complexity index is 1310. The lowest BCUT2D eigenvalue weighted by molar-refractivity contribution is -0.129. The lowest BCUT2D eigenvalue weighted by Crippen LogP contribution is -2.39. The molecule has 0 spiro atoms. The van der Waals surface area contributed by atoms with Gasteiger partial charge in [-0.1, -0.05) is 38.1 Å². The number of carbonyl (C=O) groups excluding carboxylic acids is 1. The van der Waals surface area contributed by atoms with E-state index >= 15 is 0 Å². The molecule has 1 atom stereocenters. The largest absolute Gasteiger partial charge is 0.378 e. The molecule has 6 heteroatoms. The van der Waals surface area contributed by atoms with Gasteiger partial charge in [-0.2, -0.15) is 5.26 Å². The molecule has 0 saturated carbocycles. The van der Waals surface area contributed by atoms with Gasteiger partial charge in [0.05, 0.1) is 30.5 Å². The number of nitrogens with zero attached hydrogens (tertiary/aromatic N) is 4. The van der Waals surface area contributed by atoms with Crippen molar-refractivity contribution in [2.45, 2.75) is 45.6 Å². The Kier molecular flexibility index (Phi) is 6.21. The fourth-order valence-corrected chi connectivity index (χ4v) is 5.34. The van der Waals surface area contributed by atoms with E-state index in [9.17, 15) is 10.1 Å². The van der Waals surface area contributed by atoms with Crippen LogP contribution in [0.5, 0.6) is 0 Å². The first-order chi connectivity index (χ1) is 16.7. The zero-order valence-electron chi connectivity index (χ0n) is 19.9. The lowest BCUT2D eigenvalue weighted by atomic mass is 10.0. The van der Waals surface area contributed by atoms with Crippen molar-refractivity contribution >= 4 is 23.0 Å². The smallest absolute Gasteiger partial charge is 0.246 e. The number of pyridine rings is 1. The third kappa shape index (κ3) is 3.80. The molecule has 3 aromatic rings. The summed E-state index contributed by atoms with van der Waals surface area (Å²) in [6.45, 7) is 6.54. The maximum atomic E-state index is 12.9. The molecule has 0 N–H and O–H groups in total. The number of rotatable bonds is 5. The highest BCUT2D eigenvalue weighted by Crippen LogP contribution is 2.40. The summed E-state index contributed by atoms with van der Waals surface area (Å²) in [5.74, 6) is -0.0475. The molecule has 1 saturated heterocycles. The summed E-state index contributed by atoms with van der Waals surface area (Å²) < 4.78 is 7.61. The Labute approximate surface area is 200 Å². The molecule has 0 radical (unpaired) electrons. The van der Waals surface area contributed by atoms with Crippen molar-refractivity contribution in [3.05, 3.63) is 70.0 Å². The van der Waals surface area contributed by atoms with Gasteiger partial charge < -0.3 is 14.2 Å². The summed E-state index contributed by atoms with van der Waals surface area (Å²) in [7, 11) is 0. The number of carbonyl (C=O) groups is 1. The normalized spacial score (nSPS) is 17.9. The number of nitriles is 1. The van der Waals surface area contributed by atoms with Crippen LogP contribution in [0.2, 0.25) is 0 Å². The highest BCUT2D eigenvalue weighted by atomic mass is 16.5. The molecule has 1 aromatic carbocycles. The van der Waals surface area contributed by atoms with Crippen molar-refractivity contribution in [1.82, 2.24) is 14.5 Å². The quantitative estimate of drug-likeness (QED) is 0.535. The van der Waals surface area contributed by atoms with Crippen LogP contribution >= 0.6 is 0 Å². The second-order valence-electron chi connectivity index (χ2n) is 8.94. The standard InChI is InChI=1S/C28H30N4O2/c1-3-19-17-21(4-2)30-28-27(19)23(18-29)25(11-12-26(33)31-13-15-34-16-14-31)32(28)24-10-9-20-7-5-6-8-22(20)24/h5-8,11-12,17,24H,3-4,9-10,13-16H2,1-2H3. The van der Waals surface area contributed by atoms with Gasteiger partial charge in [-0.25, -0.2) is 4.98 Å². The molecule has 0 bridgehead atoms. The minimum atomic E-state index is -0.0475. The Hall–Kier alpha value is -3.43. The van der Waals surface area contributed by atoms with E-state index in [2.05, 4.69) is 54.8 Å². The Morgan fingerprint density at radius 3 is 2.76 bits per heavy atom. The monoisotopic (exact) mass is 454 g/mol. The van der Waals surface area contributed by atoms with Gasteiger partial charge >= 0.3 is 0 Å². The van der Waals surface area contributed by atoms with Crippen molar-refractivity contribution in [3.8, 4) is 6.07 Å². The SMILES string of the molecule is CCc1cc(CC)c2c(C#N)c(C=CC(=O)N3CCOCC3)n(C3CCc4ccccc43)c2n1. The summed E-state index contributed by atoms with van der Waals surface area (Å²) in [5, 5.41) is 11.2. The minimum Gasteiger partial charge on any atom is -0.378 e. The van der Waals surface area contributed by atoms with Crippen LogP contribution in [0.4, 0.5) is 0 Å². The molecule has 1 amide bonds. The molecule has 5 rings (SSSR count). The van der Waals surface area contributed by atoms with Crippen LogP contribution in [0.1, 0.15) is 60.0 Å². The van der Waals surface area contributed by atoms with E-state index in [1.165, 1.54) is 11.1 Å². The van der Waals surface area contributed by atoms with Crippen LogP contribution in [0.25, 0.3) is 17.1 Å². The fourth-order valence-electron chi connectivity index (χ4n) is 5.34. The second-order valence-corrected chi connectivity index (χ2v) is 8.94. The molecule has 1 fully saturated rings. The average Bonchev–Trinajstić information content (AvgIpc) is 3.45. The van der Waals surface area contributed by atoms with Crippen molar-refractivity contribution in [2.24, 2.45) is 0 Å². The van der Waals surface area contributed by atoms with Crippen LogP contribution in [0, 0.1) is 11.3 Å². The first-order valence-corrected chi connectivity index (χ1v) is 12.3. The van der Waals surface area contributed by atoms with Gasteiger partial charge in [-0.05, 0) is 54.5 Å². The van der Waals surface area contributed by atoms with Crippen LogP contribution in [-0.4, -0.2) is 46.7 Å². The van der Waals surface area contributed by atoms with Gasteiger partial charge in [0.1, 0.15) is 11.7 Å². The predicted octanol–water partition coefficient (Wildman–Crippen LogP) is 4.44. The summed E-state index contributed by atoms with van der Waals surface area (Å²) in [6.07, 6.45) is 7.05. The predicted molar refractivity (Wildman–Crippen MR) is 133 cm³/mol. The van der Waals surface area contributed by atoms with Crippen LogP contribution in [0.3, 0.4) is 0 Å². The molecule has 3 heterocycles. The van der Waals surface area contributed by atoms with Gasteiger partial charge in [0.25, 0.3) is 0 Å². The maximum absolute atomic E-state index is 12.9. The molecule has 1 aliphatic carbocycles. The fraction of sp³-hybridized carbons (Fsp3) is 0.393. The van der Waals surface area contributed by atoms with Gasteiger partial charge in [0.2, 0.25) is 5.91 Å². The van der Waals surface area contributed by atoms with E-state index in [-0.39, 0.29) is 11.9 Å². The van der Waals surface area contributed by atoms with Gasteiger partial charge in [-0.3, -0.25) is 4.79 Å². The molecule has 174 valence electrons. The summed E-state index contributed by atoms with van der Waals surface area (Å²) in [5.41, 5.74) is 7.02. The molecular formula is C28H30N4O2. The maximum Gasteiger partial charge on any atom is 0.246 e. The number of hydrogen-bond donors (Lipinski definition) is 0. The van der Waals surface area contributed by atoms with Crippen molar-refractivity contribution < 1.29 is 9.53 Å². The number of benzene rings is 1. The number of hydrogen-bond acceptors (Lipinski definition) is 4. The number of fused-ring (bicyclic) bond motifs is 2. The van der Waals surface area contributed by atoms with Crippen molar-refractivity contribution in [1.29, 1.82) is 5.26 Å². The highest BCUT2D eigenvalue weighted by molar-refractivity contribution is 5.96. The Balaban J connectivity index is 1.72. The summed E-state index contributed by atoms with van der Waals surface area (Å²) >= 11 is 0. The van der Waals surface area contributed by atoms with E-state index in [1.54, 1.807) is 11.0 Å². The third-order valence-electron chi connectivity index (χ3n) is 7.10. The summed E-state index contributed by atoms with van der Waals surface area (Å²) in [6, 6.07) is 13.2. The van der Waals surface area contributed by atoms with Crippen molar-refractivity contribution in [3.63, 3.8) is 0 Å². The Morgan fingerprint density at radius 1 is 1.24 bits per heavy atom. The second kappa shape index (κ2) is 9.44. The molecule has 1 aliphatic heterocycles. The van der Waals surface area contributed by atoms with Crippen molar-refractivity contribution in [2.75, 3.05) is 26.3 Å². The third-order valence-corrected chi connectivity index (χ3v) is 7.10. The highest BCUT2D eigenvalue weighted by Gasteiger charge is 2.30. The number of aromatic nitrogens is 2. The van der Waals surface area contributed by atoms with Crippen LogP contribution in [0.15, 0.2) is 36.4 Å². The number of ether oxygens (including phenoxy) is 1. The molecule has 6 nitrogen and oxygen atoms in total. The van der Waals surface area contributed by atoms with Crippen LogP contribution < -0.4 is 0 Å². The topological polar surface area (TPSA) is 71.2 Å². The number of aryl methyl sites for hydroxylation is 3. The van der Waals surface area contributed by atoms with E-state index in [4.69, 9.17) is 9.72 Å². The van der Waals surface area contributed by atoms with E-state index in [0.717, 1.165) is 53.7 Å². The number of amides is 1. The Morgan fingerprint density at radius 2 is 2.03 bits per heavy atom. The van der Waals surface area contributed by atoms with E-state index in [0.29, 0.717) is 31.9 Å². The molecule has 1 unspecified atom stereocenters. The molecule has 34 heavy (non-hydrogen) atoms. The van der Waals surface area contributed by atoms with E-state index < -0.39 is 0 Å². The zero-order chi connectivity index (χ0) is 23.7. The van der Waals surface area contributed by atoms with Gasteiger partial charge in [0, 0.05) is 30.2 Å². The van der Waals surface area contributed by atoms with Crippen LogP contribution in [-0.2, 0) is 28.8 Å². The van der Waals surface area contributed by atoms with Gasteiger partial charge in [-0.15, -0.1) is 0 Å². The lowest BCUT2D eigenvalue weighted by Gasteiger charge is -2.25. The minimum absolute atomic E-state index is 0.0475. The molecule has 2 aromatic heterocycles. The first-order valence-electron chi connectivity index (χ1n) is 12.3. The average molecular weight is 455 g/mol. The first kappa shape index (κ1) is 22.4. The zero-order valence-corrected chi connectivity index (χ0v) is 19.9. The number of morpholine rings is 1. The molecule has 2 aliphatic rings. The summed E-state index contributed by atoms with van der Waals surface area (Å²) in [4.78, 5) is 19.7. The molecular weight excluding hydrogens is 424 g/mol. The van der Waals surface area contributed by atoms with E-state index in [1.807, 2.05) is 6.08 Å².